The number of carbonyl (C=O) groups is 1. The van der Waals surface area contributed by atoms with E-state index in [9.17, 15) is 36.3 Å². The van der Waals surface area contributed by atoms with Crippen LogP contribution in [-0.4, -0.2) is 27.5 Å². The highest BCUT2D eigenvalue weighted by atomic mass is 19.4. The number of alkyl halides is 3. The van der Waals surface area contributed by atoms with Gasteiger partial charge in [0.15, 0.2) is 11.6 Å². The molecule has 13 heteroatoms. The number of rotatable bonds is 6. The van der Waals surface area contributed by atoms with E-state index >= 15 is 0 Å². The van der Waals surface area contributed by atoms with Gasteiger partial charge in [0.2, 0.25) is 11.3 Å². The maximum atomic E-state index is 14.3. The third-order valence-corrected chi connectivity index (χ3v) is 6.21. The van der Waals surface area contributed by atoms with Crippen molar-refractivity contribution >= 4 is 5.97 Å². The summed E-state index contributed by atoms with van der Waals surface area (Å²) in [7, 11) is 0. The summed E-state index contributed by atoms with van der Waals surface area (Å²) < 4.78 is 80.6. The van der Waals surface area contributed by atoms with Gasteiger partial charge < -0.3 is 19.4 Å². The number of aromatic nitrogens is 3. The molecule has 1 aromatic carbocycles. The van der Waals surface area contributed by atoms with Gasteiger partial charge in [0.25, 0.3) is 5.56 Å². The molecule has 0 aliphatic heterocycles. The van der Waals surface area contributed by atoms with Crippen molar-refractivity contribution in [2.45, 2.75) is 33.9 Å². The Labute approximate surface area is 228 Å². The molecule has 4 aromatic rings. The molecule has 0 aliphatic carbocycles. The Bertz CT molecular complexity index is 1790. The second-order valence-electron chi connectivity index (χ2n) is 8.90. The van der Waals surface area contributed by atoms with E-state index in [1.807, 2.05) is 0 Å². The lowest BCUT2D eigenvalue weighted by molar-refractivity contribution is -0.138. The van der Waals surface area contributed by atoms with Crippen LogP contribution in [0.5, 0.6) is 11.6 Å². The van der Waals surface area contributed by atoms with Crippen molar-refractivity contribution in [1.29, 1.82) is 0 Å². The van der Waals surface area contributed by atoms with E-state index in [0.29, 0.717) is 6.07 Å². The zero-order valence-corrected chi connectivity index (χ0v) is 22.0. The number of aromatic amines is 2. The van der Waals surface area contributed by atoms with E-state index in [2.05, 4.69) is 15.0 Å². The minimum atomic E-state index is -4.90. The molecule has 0 unspecified atom stereocenters. The molecule has 41 heavy (non-hydrogen) atoms. The number of aryl methyl sites for hydroxylation is 2. The highest BCUT2D eigenvalue weighted by Crippen LogP contribution is 2.40. The Balaban J connectivity index is 2.10. The first-order valence-electron chi connectivity index (χ1n) is 12.1. The number of pyridine rings is 3. The monoisotopic (exact) mass is 575 g/mol. The molecule has 0 saturated carbocycles. The fourth-order valence-electron chi connectivity index (χ4n) is 4.24. The van der Waals surface area contributed by atoms with Crippen LogP contribution in [0.1, 0.15) is 39.8 Å². The Morgan fingerprint density at radius 2 is 1.76 bits per heavy atom. The van der Waals surface area contributed by atoms with Crippen molar-refractivity contribution in [2.24, 2.45) is 0 Å². The van der Waals surface area contributed by atoms with Gasteiger partial charge in [0.1, 0.15) is 11.3 Å². The zero-order chi connectivity index (χ0) is 30.2. The summed E-state index contributed by atoms with van der Waals surface area (Å²) in [5.74, 6) is -4.44. The molecule has 0 radical (unpaired) electrons. The Hall–Kier alpha value is -4.81. The van der Waals surface area contributed by atoms with Crippen LogP contribution < -0.4 is 15.7 Å². The molecule has 214 valence electrons. The summed E-state index contributed by atoms with van der Waals surface area (Å²) >= 11 is 0. The van der Waals surface area contributed by atoms with Crippen LogP contribution >= 0.6 is 0 Å². The summed E-state index contributed by atoms with van der Waals surface area (Å²) in [5, 5.41) is 0. The van der Waals surface area contributed by atoms with Crippen LogP contribution in [0, 0.1) is 32.4 Å². The summed E-state index contributed by atoms with van der Waals surface area (Å²) in [6.07, 6.45) is -3.57. The van der Waals surface area contributed by atoms with E-state index < -0.39 is 68.7 Å². The maximum absolute atomic E-state index is 14.3. The Kier molecular flexibility index (Phi) is 7.82. The average Bonchev–Trinajstić information content (AvgIpc) is 2.89. The van der Waals surface area contributed by atoms with Crippen LogP contribution in [-0.2, 0) is 10.9 Å². The molecule has 3 aromatic heterocycles. The van der Waals surface area contributed by atoms with Gasteiger partial charge in [0.05, 0.1) is 40.2 Å². The molecule has 2 N–H and O–H groups in total. The van der Waals surface area contributed by atoms with Crippen LogP contribution in [0.4, 0.5) is 22.0 Å². The second-order valence-corrected chi connectivity index (χ2v) is 8.90. The van der Waals surface area contributed by atoms with Crippen LogP contribution in [0.3, 0.4) is 0 Å². The lowest BCUT2D eigenvalue weighted by Gasteiger charge is -2.19. The van der Waals surface area contributed by atoms with E-state index in [0.717, 1.165) is 19.1 Å². The molecular weight excluding hydrogens is 553 g/mol. The minimum Gasteiger partial charge on any atom is -0.462 e. The summed E-state index contributed by atoms with van der Waals surface area (Å²) in [6.45, 7) is 4.89. The lowest BCUT2D eigenvalue weighted by atomic mass is 9.97. The normalized spacial score (nSPS) is 11.4. The largest absolute Gasteiger partial charge is 0.462 e. The zero-order valence-electron chi connectivity index (χ0n) is 22.0. The second kappa shape index (κ2) is 11.0. The maximum Gasteiger partial charge on any atom is 0.418 e. The molecule has 0 fully saturated rings. The van der Waals surface area contributed by atoms with Gasteiger partial charge >= 0.3 is 12.1 Å². The van der Waals surface area contributed by atoms with E-state index in [1.54, 1.807) is 0 Å². The number of hydrogen-bond donors (Lipinski definition) is 2. The number of benzene rings is 1. The third kappa shape index (κ3) is 5.47. The van der Waals surface area contributed by atoms with Crippen LogP contribution in [0.15, 0.2) is 46.1 Å². The molecule has 3 heterocycles. The molecule has 0 atom stereocenters. The van der Waals surface area contributed by atoms with E-state index in [1.165, 1.54) is 39.1 Å². The molecule has 0 bridgehead atoms. The van der Waals surface area contributed by atoms with Gasteiger partial charge in [0, 0.05) is 17.5 Å². The van der Waals surface area contributed by atoms with Gasteiger partial charge in [-0.05, 0) is 58.0 Å². The number of nitrogens with one attached hydrogen (secondary N) is 2. The van der Waals surface area contributed by atoms with Crippen LogP contribution in [0.2, 0.25) is 0 Å². The molecule has 0 amide bonds. The van der Waals surface area contributed by atoms with Gasteiger partial charge in [-0.15, -0.1) is 0 Å². The number of esters is 1. The number of carbonyl (C=O) groups excluding carboxylic acids is 1. The van der Waals surface area contributed by atoms with Gasteiger partial charge in [-0.1, -0.05) is 0 Å². The van der Waals surface area contributed by atoms with Crippen molar-refractivity contribution in [3.05, 3.63) is 96.8 Å². The first-order chi connectivity index (χ1) is 19.3. The van der Waals surface area contributed by atoms with Crippen molar-refractivity contribution in [3.63, 3.8) is 0 Å². The van der Waals surface area contributed by atoms with E-state index in [-0.39, 0.29) is 34.7 Å². The third-order valence-electron chi connectivity index (χ3n) is 6.21. The van der Waals surface area contributed by atoms with Crippen molar-refractivity contribution in [3.8, 4) is 34.0 Å². The highest BCUT2D eigenvalue weighted by Gasteiger charge is 2.36. The Morgan fingerprint density at radius 1 is 1.05 bits per heavy atom. The van der Waals surface area contributed by atoms with Gasteiger partial charge in [-0.25, -0.2) is 18.6 Å². The number of nitrogens with zero attached hydrogens (tertiary/aromatic N) is 1. The quantitative estimate of drug-likeness (QED) is 0.216. The van der Waals surface area contributed by atoms with Gasteiger partial charge in [-0.3, -0.25) is 9.59 Å². The lowest BCUT2D eigenvalue weighted by Crippen LogP contribution is -2.25. The molecule has 0 saturated heterocycles. The number of H-pyrrole nitrogens is 2. The predicted octanol–water partition coefficient (Wildman–Crippen LogP) is 5.98. The SMILES string of the molecule is CCOC(=O)c1c(-c2cc(C(F)(F)F)c(C)nc2Oc2ccc(F)c(F)c2C)[nH]c(C)c(-c2ccc[nH]c2=O)c1=O. The van der Waals surface area contributed by atoms with Crippen molar-refractivity contribution in [1.82, 2.24) is 15.0 Å². The Morgan fingerprint density at radius 3 is 2.39 bits per heavy atom. The fourth-order valence-corrected chi connectivity index (χ4v) is 4.24. The van der Waals surface area contributed by atoms with Crippen LogP contribution in [0.25, 0.3) is 22.4 Å². The average molecular weight is 575 g/mol. The standard InChI is InChI=1S/C28H22F5N3O5/c1-5-40-27(39)21-23(35-14(4)20(24(21)37)15-7-6-10-34-25(15)38)16-11-17(28(31,32)33)13(3)36-26(16)41-19-9-8-18(29)22(30)12(19)2/h6-11H,5H2,1-4H3,(H,34,38)(H,35,37). The highest BCUT2D eigenvalue weighted by molar-refractivity contribution is 5.98. The molecule has 0 aliphatic rings. The van der Waals surface area contributed by atoms with Crippen molar-refractivity contribution in [2.75, 3.05) is 6.61 Å². The fraction of sp³-hybridized carbons (Fsp3) is 0.214. The summed E-state index contributed by atoms with van der Waals surface area (Å²) in [4.78, 5) is 48.4. The topological polar surface area (TPSA) is 114 Å². The molecule has 8 nitrogen and oxygen atoms in total. The van der Waals surface area contributed by atoms with Gasteiger partial charge in [-0.2, -0.15) is 13.2 Å². The molecule has 0 spiro atoms. The predicted molar refractivity (Wildman–Crippen MR) is 138 cm³/mol. The number of hydrogen-bond acceptors (Lipinski definition) is 6. The van der Waals surface area contributed by atoms with Crippen molar-refractivity contribution < 1.29 is 36.2 Å². The number of ether oxygens (including phenoxy) is 2. The smallest absolute Gasteiger partial charge is 0.418 e. The molecule has 4 rings (SSSR count). The molecular formula is C28H22F5N3O5. The first-order valence-corrected chi connectivity index (χ1v) is 12.1. The minimum absolute atomic E-state index is 0.0267. The summed E-state index contributed by atoms with van der Waals surface area (Å²) in [6, 6.07) is 5.22. The number of halogens is 5. The van der Waals surface area contributed by atoms with E-state index in [4.69, 9.17) is 9.47 Å². The summed E-state index contributed by atoms with van der Waals surface area (Å²) in [5.41, 5.74) is -5.65. The first kappa shape index (κ1) is 29.2.